The number of aliphatic hydroxyl groups excluding tert-OH is 2. The molecule has 7 rings (SSSR count). The molecule has 0 aromatic carbocycles. The Hall–Kier alpha value is -1.79. The maximum Gasteiger partial charge on any atom is 0.172 e. The molecule has 14 nitrogen and oxygen atoms in total. The van der Waals surface area contributed by atoms with E-state index in [1.54, 1.807) is 41.2 Å². The van der Waals surface area contributed by atoms with E-state index in [1.807, 2.05) is 13.8 Å². The van der Waals surface area contributed by atoms with Crippen molar-refractivity contribution in [3.05, 3.63) is 35.3 Å². The highest BCUT2D eigenvalue weighted by atomic mass is 16.7. The number of hydrogen-bond acceptors (Lipinski definition) is 14. The van der Waals surface area contributed by atoms with E-state index in [0.717, 1.165) is 0 Å². The molecule has 0 bridgehead atoms. The van der Waals surface area contributed by atoms with Crippen molar-refractivity contribution in [2.75, 3.05) is 21.3 Å². The number of carbonyl (C=O) groups excluding carboxylic acids is 1. The first-order valence-corrected chi connectivity index (χ1v) is 20.1. The highest BCUT2D eigenvalue weighted by Crippen LogP contribution is 2.58. The lowest BCUT2D eigenvalue weighted by atomic mass is 9.51. The minimum absolute atomic E-state index is 0.00964. The van der Waals surface area contributed by atoms with Crippen molar-refractivity contribution in [3.8, 4) is 0 Å². The second-order valence-electron chi connectivity index (χ2n) is 16.9. The number of aryl methyl sites for hydroxylation is 1. The van der Waals surface area contributed by atoms with Gasteiger partial charge >= 0.3 is 0 Å². The van der Waals surface area contributed by atoms with Crippen molar-refractivity contribution in [3.63, 3.8) is 0 Å². The second kappa shape index (κ2) is 16.5. The number of ether oxygens (including phenoxy) is 9. The van der Waals surface area contributed by atoms with Gasteiger partial charge in [-0.05, 0) is 77.2 Å². The zero-order valence-electron chi connectivity index (χ0n) is 33.5. The lowest BCUT2D eigenvalue weighted by Crippen LogP contribution is -2.58. The molecule has 1 aromatic rings. The van der Waals surface area contributed by atoms with Gasteiger partial charge in [-0.1, -0.05) is 18.6 Å². The van der Waals surface area contributed by atoms with E-state index in [2.05, 4.69) is 13.0 Å². The van der Waals surface area contributed by atoms with Crippen LogP contribution in [0.15, 0.2) is 28.4 Å². The molecule has 2 saturated carbocycles. The summed E-state index contributed by atoms with van der Waals surface area (Å²) in [6, 6.07) is 1.70. The lowest BCUT2D eigenvalue weighted by molar-refractivity contribution is -0.339. The van der Waals surface area contributed by atoms with Gasteiger partial charge in [-0.2, -0.15) is 0 Å². The van der Waals surface area contributed by atoms with Crippen LogP contribution >= 0.6 is 0 Å². The fourth-order valence-electron chi connectivity index (χ4n) is 10.6. The number of allylic oxidation sites excluding steroid dienone is 1. The van der Waals surface area contributed by atoms with Crippen LogP contribution in [0.3, 0.4) is 0 Å². The third kappa shape index (κ3) is 7.76. The SMILES string of the molecule is CO[C@H]1C[C@H](O[C@@H]2[C@H](C)O[C@@H](O[C@H]3[C@@H](OC)C[C@H](O[C@@H]4CC5=CCC6C(=O)C(O)(c7ccoc7C)CCC6C5(C)C[C@H]4O)O[C@@H]3C)C[C@@H]2OC)O[C@H](C)[C@H]1O. The molecule has 4 heterocycles. The summed E-state index contributed by atoms with van der Waals surface area (Å²) >= 11 is 0. The summed E-state index contributed by atoms with van der Waals surface area (Å²) in [5.74, 6) is 0.0782. The third-order valence-electron chi connectivity index (χ3n) is 13.8. The molecular weight excluding hydrogens is 716 g/mol. The highest BCUT2D eigenvalue weighted by Gasteiger charge is 2.58. The number of fused-ring (bicyclic) bond motifs is 3. The smallest absolute Gasteiger partial charge is 0.172 e. The fraction of sp³-hybridized carbons (Fsp3) is 0.829. The number of hydrogen-bond donors (Lipinski definition) is 3. The van der Waals surface area contributed by atoms with E-state index < -0.39 is 84.8 Å². The van der Waals surface area contributed by atoms with Crippen LogP contribution in [0.5, 0.6) is 0 Å². The van der Waals surface area contributed by atoms with E-state index in [-0.39, 0.29) is 29.8 Å². The molecule has 6 aliphatic rings. The van der Waals surface area contributed by atoms with Crippen LogP contribution in [0.25, 0.3) is 0 Å². The third-order valence-corrected chi connectivity index (χ3v) is 13.8. The molecule has 14 heteroatoms. The average molecular weight is 779 g/mol. The van der Waals surface area contributed by atoms with E-state index in [9.17, 15) is 20.1 Å². The standard InChI is InChI=1S/C41H62O14/c1-20-26(12-14-49-20)41(45)13-11-27-25(39(41)44)10-9-24-15-29(28(42)19-40(24,27)5)53-33-17-31(47-7)37(22(3)51-33)55-35-18-32(48-8)38(23(4)52-35)54-34-16-30(46-6)36(43)21(2)50-34/h9,12,14,21-23,25,27-38,42-43,45H,10-11,13,15-19H2,1-8H3/t21-,22-,23+,25?,27?,28-,29-,30+,31+,32+,33+,34+,35+,36-,37-,38-,40?,41?/m1/s1. The Morgan fingerprint density at radius 2 is 1.36 bits per heavy atom. The quantitative estimate of drug-likeness (QED) is 0.293. The summed E-state index contributed by atoms with van der Waals surface area (Å²) in [4.78, 5) is 13.9. The van der Waals surface area contributed by atoms with Crippen LogP contribution in [0, 0.1) is 24.2 Å². The molecule has 3 N–H and O–H groups in total. The Bertz CT molecular complexity index is 1510. The Balaban J connectivity index is 0.949. The minimum Gasteiger partial charge on any atom is -0.469 e. The zero-order valence-corrected chi connectivity index (χ0v) is 33.5. The van der Waals surface area contributed by atoms with Gasteiger partial charge in [0.2, 0.25) is 0 Å². The van der Waals surface area contributed by atoms with Crippen molar-refractivity contribution >= 4 is 5.78 Å². The Morgan fingerprint density at radius 1 is 0.800 bits per heavy atom. The summed E-state index contributed by atoms with van der Waals surface area (Å²) in [5, 5.41) is 33.6. The van der Waals surface area contributed by atoms with Crippen molar-refractivity contribution < 1.29 is 67.2 Å². The van der Waals surface area contributed by atoms with Gasteiger partial charge in [-0.15, -0.1) is 0 Å². The highest BCUT2D eigenvalue weighted by molar-refractivity contribution is 5.92. The molecular formula is C41H62O14. The number of methoxy groups -OCH3 is 3. The Morgan fingerprint density at radius 3 is 1.93 bits per heavy atom. The van der Waals surface area contributed by atoms with Gasteiger partial charge in [0.05, 0.1) is 55.1 Å². The molecule has 0 spiro atoms. The average Bonchev–Trinajstić information content (AvgIpc) is 3.59. The largest absolute Gasteiger partial charge is 0.469 e. The summed E-state index contributed by atoms with van der Waals surface area (Å²) in [6.45, 7) is 9.56. The first-order valence-electron chi connectivity index (χ1n) is 20.1. The van der Waals surface area contributed by atoms with Crippen molar-refractivity contribution in [2.45, 2.75) is 178 Å². The van der Waals surface area contributed by atoms with Crippen LogP contribution in [0.4, 0.5) is 0 Å². The van der Waals surface area contributed by atoms with E-state index in [4.69, 9.17) is 47.0 Å². The Labute approximate surface area is 324 Å². The number of aliphatic hydroxyl groups is 3. The topological polar surface area (TPSA) is 174 Å². The van der Waals surface area contributed by atoms with Gasteiger partial charge in [0.15, 0.2) is 30.3 Å². The van der Waals surface area contributed by atoms with E-state index >= 15 is 0 Å². The number of carbonyl (C=O) groups is 1. The molecule has 5 fully saturated rings. The van der Waals surface area contributed by atoms with Crippen LogP contribution in [-0.2, 0) is 53.0 Å². The van der Waals surface area contributed by atoms with Crippen LogP contribution < -0.4 is 0 Å². The van der Waals surface area contributed by atoms with Crippen molar-refractivity contribution in [2.24, 2.45) is 17.3 Å². The normalized spacial score (nSPS) is 47.8. The summed E-state index contributed by atoms with van der Waals surface area (Å²) in [5.41, 5.74) is -0.202. The predicted octanol–water partition coefficient (Wildman–Crippen LogP) is 3.83. The molecule has 55 heavy (non-hydrogen) atoms. The molecule has 3 aliphatic carbocycles. The molecule has 0 radical (unpaired) electrons. The maximum absolute atomic E-state index is 13.9. The molecule has 310 valence electrons. The van der Waals surface area contributed by atoms with Gasteiger partial charge < -0.3 is 62.4 Å². The first kappa shape index (κ1) is 41.4. The van der Waals surface area contributed by atoms with Gasteiger partial charge in [-0.3, -0.25) is 4.79 Å². The molecule has 0 amide bonds. The molecule has 3 saturated heterocycles. The fourth-order valence-corrected chi connectivity index (χ4v) is 10.6. The van der Waals surface area contributed by atoms with Crippen molar-refractivity contribution in [1.82, 2.24) is 0 Å². The minimum atomic E-state index is -1.55. The first-order chi connectivity index (χ1) is 26.2. The van der Waals surface area contributed by atoms with E-state index in [0.29, 0.717) is 62.7 Å². The van der Waals surface area contributed by atoms with Gasteiger partial charge in [0.1, 0.15) is 24.1 Å². The van der Waals surface area contributed by atoms with Crippen molar-refractivity contribution in [1.29, 1.82) is 0 Å². The van der Waals surface area contributed by atoms with Gasteiger partial charge in [-0.25, -0.2) is 0 Å². The molecule has 1 aromatic heterocycles. The van der Waals surface area contributed by atoms with E-state index in [1.165, 1.54) is 11.8 Å². The second-order valence-corrected chi connectivity index (χ2v) is 16.9. The van der Waals surface area contributed by atoms with Gasteiger partial charge in [0.25, 0.3) is 0 Å². The number of Topliss-reactive ketones (excluding diaryl/α,β-unsaturated/α-hetero) is 1. The molecule has 3 aliphatic heterocycles. The number of rotatable bonds is 10. The molecule has 18 atom stereocenters. The monoisotopic (exact) mass is 778 g/mol. The van der Waals surface area contributed by atoms with Crippen LogP contribution in [0.1, 0.15) is 90.4 Å². The number of furan rings is 1. The summed E-state index contributed by atoms with van der Waals surface area (Å²) in [6.07, 6.45) is 0.230. The Kier molecular flexibility index (Phi) is 12.4. The lowest BCUT2D eigenvalue weighted by Gasteiger charge is -2.55. The predicted molar refractivity (Wildman–Crippen MR) is 194 cm³/mol. The molecule has 4 unspecified atom stereocenters. The maximum atomic E-state index is 13.9. The van der Waals surface area contributed by atoms with Gasteiger partial charge in [0, 0.05) is 52.1 Å². The number of ketones is 1. The van der Waals surface area contributed by atoms with Crippen LogP contribution in [0.2, 0.25) is 0 Å². The van der Waals surface area contributed by atoms with Crippen LogP contribution in [-0.4, -0.2) is 128 Å². The summed E-state index contributed by atoms with van der Waals surface area (Å²) in [7, 11) is 4.84. The summed E-state index contributed by atoms with van der Waals surface area (Å²) < 4.78 is 60.8. The zero-order chi connectivity index (χ0) is 39.4.